The molecule has 0 aromatic heterocycles. The van der Waals surface area contributed by atoms with Crippen molar-refractivity contribution in [1.29, 1.82) is 0 Å². The van der Waals surface area contributed by atoms with E-state index in [0.717, 1.165) is 12.1 Å². The van der Waals surface area contributed by atoms with Gasteiger partial charge in [0.05, 0.1) is 21.9 Å². The predicted octanol–water partition coefficient (Wildman–Crippen LogP) is 4.77. The van der Waals surface area contributed by atoms with E-state index in [1.807, 2.05) is 12.1 Å². The van der Waals surface area contributed by atoms with Gasteiger partial charge >= 0.3 is 0 Å². The van der Waals surface area contributed by atoms with Crippen LogP contribution < -0.4 is 5.43 Å². The minimum Gasteiger partial charge on any atom is -0.278 e. The van der Waals surface area contributed by atoms with Gasteiger partial charge in [-0.25, -0.2) is 0 Å². The second-order valence-corrected chi connectivity index (χ2v) is 5.38. The van der Waals surface area contributed by atoms with Gasteiger partial charge < -0.3 is 0 Å². The summed E-state index contributed by atoms with van der Waals surface area (Å²) in [5.41, 5.74) is 6.28. The molecule has 1 N–H and O–H groups in total. The number of hydrogen-bond acceptors (Lipinski definition) is 4. The number of nitro groups is 1. The Hall–Kier alpha value is -2.69. The van der Waals surface area contributed by atoms with Crippen LogP contribution in [0.3, 0.4) is 0 Å². The van der Waals surface area contributed by atoms with E-state index in [0.29, 0.717) is 11.3 Å². The molecule has 0 aliphatic heterocycles. The van der Waals surface area contributed by atoms with Crippen molar-refractivity contribution in [2.45, 2.75) is 33.1 Å². The second-order valence-electron chi connectivity index (χ2n) is 5.38. The number of unbranched alkanes of at least 4 members (excludes halogenated alkanes) is 1. The molecule has 0 saturated heterocycles. The second kappa shape index (κ2) is 8.08. The van der Waals surface area contributed by atoms with Crippen molar-refractivity contribution in [3.63, 3.8) is 0 Å². The average Bonchev–Trinajstić information content (AvgIpc) is 2.58. The molecule has 2 aromatic rings. The number of nitrogens with zero attached hydrogens (tertiary/aromatic N) is 2. The Morgan fingerprint density at radius 1 is 1.17 bits per heavy atom. The van der Waals surface area contributed by atoms with E-state index in [1.54, 1.807) is 25.1 Å². The van der Waals surface area contributed by atoms with Gasteiger partial charge in [-0.2, -0.15) is 5.10 Å². The summed E-state index contributed by atoms with van der Waals surface area (Å²) in [5, 5.41) is 15.3. The van der Waals surface area contributed by atoms with Crippen molar-refractivity contribution in [3.8, 4) is 0 Å². The highest BCUT2D eigenvalue weighted by molar-refractivity contribution is 6.02. The van der Waals surface area contributed by atoms with E-state index < -0.39 is 4.92 Å². The Morgan fingerprint density at radius 2 is 1.87 bits per heavy atom. The smallest absolute Gasteiger partial charge is 0.278 e. The molecule has 2 rings (SSSR count). The largest absolute Gasteiger partial charge is 0.278 e. The summed E-state index contributed by atoms with van der Waals surface area (Å²) in [4.78, 5) is 10.7. The monoisotopic (exact) mass is 311 g/mol. The summed E-state index contributed by atoms with van der Waals surface area (Å²) in [6.45, 7) is 3.93. The molecule has 5 heteroatoms. The molecular weight excluding hydrogens is 290 g/mol. The highest BCUT2D eigenvalue weighted by Gasteiger charge is 2.14. The number of nitro benzene ring substituents is 1. The van der Waals surface area contributed by atoms with Crippen LogP contribution in [-0.2, 0) is 6.42 Å². The Morgan fingerprint density at radius 3 is 2.52 bits per heavy atom. The standard InChI is InChI=1S/C18H21N3O2/c1-3-4-7-15-10-12-16(13-11-15)20-19-14(2)17-8-5-6-9-18(17)21(22)23/h5-6,8-13,20H,3-4,7H2,1-2H3/b19-14+. The van der Waals surface area contributed by atoms with Gasteiger partial charge in [0.1, 0.15) is 0 Å². The van der Waals surface area contributed by atoms with E-state index in [2.05, 4.69) is 29.6 Å². The van der Waals surface area contributed by atoms with Crippen LogP contribution in [0, 0.1) is 10.1 Å². The third-order valence-corrected chi connectivity index (χ3v) is 3.62. The lowest BCUT2D eigenvalue weighted by Crippen LogP contribution is -2.03. The summed E-state index contributed by atoms with van der Waals surface area (Å²) in [6.07, 6.45) is 3.44. The number of nitrogens with one attached hydrogen (secondary N) is 1. The molecule has 2 aromatic carbocycles. The van der Waals surface area contributed by atoms with Crippen LogP contribution >= 0.6 is 0 Å². The van der Waals surface area contributed by atoms with Crippen molar-refractivity contribution in [2.24, 2.45) is 5.10 Å². The summed E-state index contributed by atoms with van der Waals surface area (Å²) in [7, 11) is 0. The van der Waals surface area contributed by atoms with E-state index in [4.69, 9.17) is 0 Å². The van der Waals surface area contributed by atoms with E-state index in [9.17, 15) is 10.1 Å². The third-order valence-electron chi connectivity index (χ3n) is 3.62. The molecule has 0 unspecified atom stereocenters. The first-order chi connectivity index (χ1) is 11.1. The van der Waals surface area contributed by atoms with Crippen LogP contribution in [-0.4, -0.2) is 10.6 Å². The molecular formula is C18H21N3O2. The molecule has 0 fully saturated rings. The maximum atomic E-state index is 11.1. The van der Waals surface area contributed by atoms with Crippen LogP contribution in [0.5, 0.6) is 0 Å². The molecule has 0 aliphatic rings. The van der Waals surface area contributed by atoms with Crippen molar-refractivity contribution in [3.05, 3.63) is 69.8 Å². The number of hydrogen-bond donors (Lipinski definition) is 1. The van der Waals surface area contributed by atoms with Gasteiger partial charge in [0.25, 0.3) is 5.69 Å². The zero-order valence-corrected chi connectivity index (χ0v) is 13.5. The minimum absolute atomic E-state index is 0.0606. The predicted molar refractivity (Wildman–Crippen MR) is 94.0 cm³/mol. The zero-order valence-electron chi connectivity index (χ0n) is 13.5. The molecule has 0 amide bonds. The molecule has 23 heavy (non-hydrogen) atoms. The van der Waals surface area contributed by atoms with Gasteiger partial charge in [-0.15, -0.1) is 0 Å². The van der Waals surface area contributed by atoms with E-state index >= 15 is 0 Å². The first-order valence-electron chi connectivity index (χ1n) is 7.75. The first kappa shape index (κ1) is 16.7. The molecule has 0 bridgehead atoms. The molecule has 0 spiro atoms. The lowest BCUT2D eigenvalue weighted by Gasteiger charge is -2.06. The van der Waals surface area contributed by atoms with Crippen LogP contribution in [0.25, 0.3) is 0 Å². The zero-order chi connectivity index (χ0) is 16.7. The number of aryl methyl sites for hydroxylation is 1. The van der Waals surface area contributed by atoms with Crippen molar-refractivity contribution in [1.82, 2.24) is 0 Å². The van der Waals surface area contributed by atoms with Gasteiger partial charge in [-0.05, 0) is 43.5 Å². The molecule has 0 heterocycles. The quantitative estimate of drug-likeness (QED) is 0.455. The topological polar surface area (TPSA) is 67.5 Å². The minimum atomic E-state index is -0.392. The Kier molecular flexibility index (Phi) is 5.86. The van der Waals surface area contributed by atoms with Gasteiger partial charge in [-0.3, -0.25) is 15.5 Å². The number of anilines is 1. The summed E-state index contributed by atoms with van der Waals surface area (Å²) >= 11 is 0. The fraction of sp³-hybridized carbons (Fsp3) is 0.278. The van der Waals surface area contributed by atoms with Crippen LogP contribution in [0.4, 0.5) is 11.4 Å². The number of benzene rings is 2. The maximum absolute atomic E-state index is 11.1. The van der Waals surface area contributed by atoms with Gasteiger partial charge in [0.15, 0.2) is 0 Å². The molecule has 0 saturated carbocycles. The first-order valence-corrected chi connectivity index (χ1v) is 7.75. The van der Waals surface area contributed by atoms with Gasteiger partial charge in [0.2, 0.25) is 0 Å². The molecule has 0 atom stereocenters. The van der Waals surface area contributed by atoms with Gasteiger partial charge in [0, 0.05) is 6.07 Å². The molecule has 0 aliphatic carbocycles. The molecule has 5 nitrogen and oxygen atoms in total. The highest BCUT2D eigenvalue weighted by atomic mass is 16.6. The average molecular weight is 311 g/mol. The van der Waals surface area contributed by atoms with Crippen molar-refractivity contribution >= 4 is 17.1 Å². The fourth-order valence-electron chi connectivity index (χ4n) is 2.27. The van der Waals surface area contributed by atoms with Crippen LogP contribution in [0.1, 0.15) is 37.8 Å². The van der Waals surface area contributed by atoms with E-state index in [-0.39, 0.29) is 5.69 Å². The Balaban J connectivity index is 2.09. The van der Waals surface area contributed by atoms with Crippen molar-refractivity contribution < 1.29 is 4.92 Å². The Labute approximate surface area is 136 Å². The van der Waals surface area contributed by atoms with Crippen molar-refractivity contribution in [2.75, 3.05) is 5.43 Å². The van der Waals surface area contributed by atoms with Crippen LogP contribution in [0.15, 0.2) is 53.6 Å². The number of hydrazone groups is 1. The molecule has 120 valence electrons. The fourth-order valence-corrected chi connectivity index (χ4v) is 2.27. The lowest BCUT2D eigenvalue weighted by atomic mass is 10.1. The van der Waals surface area contributed by atoms with Gasteiger partial charge in [-0.1, -0.05) is 37.6 Å². The SMILES string of the molecule is CCCCc1ccc(N/N=C(\C)c2ccccc2[N+](=O)[O-])cc1. The summed E-state index contributed by atoms with van der Waals surface area (Å²) in [5.74, 6) is 0. The maximum Gasteiger partial charge on any atom is 0.278 e. The number of rotatable bonds is 7. The normalized spacial score (nSPS) is 11.3. The molecule has 0 radical (unpaired) electrons. The van der Waals surface area contributed by atoms with Crippen LogP contribution in [0.2, 0.25) is 0 Å². The third kappa shape index (κ3) is 4.64. The Bertz CT molecular complexity index is 694. The number of para-hydroxylation sites is 1. The highest BCUT2D eigenvalue weighted by Crippen LogP contribution is 2.19. The lowest BCUT2D eigenvalue weighted by molar-refractivity contribution is -0.385. The summed E-state index contributed by atoms with van der Waals surface area (Å²) < 4.78 is 0. The van der Waals surface area contributed by atoms with E-state index in [1.165, 1.54) is 24.5 Å². The summed E-state index contributed by atoms with van der Waals surface area (Å²) in [6, 6.07) is 14.7.